The topological polar surface area (TPSA) is 14.8 Å². The Hall–Kier alpha value is -6.65. The molecule has 3 nitrogen and oxygen atoms in total. The molecule has 11 rings (SSSR count). The average molecular weight is 670 g/mol. The summed E-state index contributed by atoms with van der Waals surface area (Å²) < 4.78 is 20.9. The summed E-state index contributed by atoms with van der Waals surface area (Å²) in [4.78, 5) is 0. The summed E-state index contributed by atoms with van der Waals surface area (Å²) in [5.74, 6) is -0.231. The number of nitrogens with zero attached hydrogens (tertiary/aromatic N) is 3. The molecule has 1 aliphatic rings. The van der Waals surface area contributed by atoms with E-state index in [0.717, 1.165) is 40.9 Å². The number of benzene rings is 7. The molecule has 0 radical (unpaired) electrons. The number of halogens is 1. The molecule has 4 heteroatoms. The predicted octanol–water partition coefficient (Wildman–Crippen LogP) is 12.6. The van der Waals surface area contributed by atoms with Gasteiger partial charge in [0, 0.05) is 49.7 Å². The van der Waals surface area contributed by atoms with Crippen LogP contribution in [0.2, 0.25) is 0 Å². The van der Waals surface area contributed by atoms with Gasteiger partial charge in [-0.2, -0.15) is 0 Å². The molecule has 3 aromatic heterocycles. The first-order valence-corrected chi connectivity index (χ1v) is 17.9. The highest BCUT2D eigenvalue weighted by molar-refractivity contribution is 6.11. The number of allylic oxidation sites excluding steroid dienone is 1. The van der Waals surface area contributed by atoms with Crippen LogP contribution in [0.3, 0.4) is 0 Å². The van der Waals surface area contributed by atoms with Crippen LogP contribution in [-0.2, 0) is 6.42 Å². The van der Waals surface area contributed by atoms with Crippen molar-refractivity contribution in [3.05, 3.63) is 181 Å². The predicted molar refractivity (Wildman–Crippen MR) is 215 cm³/mol. The number of fused-ring (bicyclic) bond motifs is 9. The molecule has 0 aliphatic heterocycles. The van der Waals surface area contributed by atoms with E-state index in [9.17, 15) is 4.39 Å². The Kier molecular flexibility index (Phi) is 6.26. The van der Waals surface area contributed by atoms with Gasteiger partial charge in [-0.15, -0.1) is 0 Å². The van der Waals surface area contributed by atoms with Gasteiger partial charge in [0.25, 0.3) is 0 Å². The van der Waals surface area contributed by atoms with E-state index in [1.54, 1.807) is 0 Å². The smallest absolute Gasteiger partial charge is 0.123 e. The number of aryl methyl sites for hydroxylation is 1. The third kappa shape index (κ3) is 4.24. The van der Waals surface area contributed by atoms with Gasteiger partial charge in [0.15, 0.2) is 0 Å². The van der Waals surface area contributed by atoms with E-state index < -0.39 is 0 Å². The molecule has 3 heterocycles. The molecule has 0 saturated heterocycles. The van der Waals surface area contributed by atoms with E-state index in [1.165, 1.54) is 78.0 Å². The summed E-state index contributed by atoms with van der Waals surface area (Å²) in [6.45, 7) is 0. The van der Waals surface area contributed by atoms with E-state index in [0.29, 0.717) is 0 Å². The largest absolute Gasteiger partial charge is 0.310 e. The fourth-order valence-electron chi connectivity index (χ4n) is 8.67. The monoisotopic (exact) mass is 669 g/mol. The maximum absolute atomic E-state index is 13.9. The second-order valence-corrected chi connectivity index (χ2v) is 13.8. The lowest BCUT2D eigenvalue weighted by Crippen LogP contribution is -2.01. The van der Waals surface area contributed by atoms with E-state index in [-0.39, 0.29) is 5.82 Å². The molecule has 0 saturated carbocycles. The second-order valence-electron chi connectivity index (χ2n) is 13.8. The molecule has 0 fully saturated rings. The lowest BCUT2D eigenvalue weighted by molar-refractivity contribution is 0.627. The SMILES string of the molecule is Fc1ccc(-n2c3ccccc3c3cc(-c4ccc5c(c4)c4c(n5-c5ccc(-n6c7ccccc7c7ccccc76)cc5)C=CCC4)ccc32)cc1. The quantitative estimate of drug-likeness (QED) is 0.177. The number of para-hydroxylation sites is 3. The Morgan fingerprint density at radius 3 is 1.42 bits per heavy atom. The number of hydrogen-bond donors (Lipinski definition) is 0. The zero-order valence-corrected chi connectivity index (χ0v) is 28.3. The van der Waals surface area contributed by atoms with Crippen molar-refractivity contribution in [2.75, 3.05) is 0 Å². The van der Waals surface area contributed by atoms with Gasteiger partial charge in [0.05, 0.1) is 27.6 Å². The Labute approximate surface area is 299 Å². The minimum Gasteiger partial charge on any atom is -0.310 e. The molecule has 0 bridgehead atoms. The summed E-state index contributed by atoms with van der Waals surface area (Å²) in [6, 6.07) is 55.3. The summed E-state index contributed by atoms with van der Waals surface area (Å²) in [5.41, 5.74) is 14.2. The van der Waals surface area contributed by atoms with Crippen LogP contribution in [0.5, 0.6) is 0 Å². The highest BCUT2D eigenvalue weighted by atomic mass is 19.1. The van der Waals surface area contributed by atoms with Crippen molar-refractivity contribution in [2.24, 2.45) is 0 Å². The van der Waals surface area contributed by atoms with Crippen molar-refractivity contribution in [2.45, 2.75) is 12.8 Å². The van der Waals surface area contributed by atoms with Gasteiger partial charge < -0.3 is 13.7 Å². The number of hydrogen-bond acceptors (Lipinski definition) is 0. The third-order valence-electron chi connectivity index (χ3n) is 11.0. The molecule has 0 spiro atoms. The first-order valence-electron chi connectivity index (χ1n) is 17.9. The first kappa shape index (κ1) is 29.1. The lowest BCUT2D eigenvalue weighted by Gasteiger charge is -2.14. The molecule has 10 aromatic rings. The van der Waals surface area contributed by atoms with Crippen LogP contribution in [0.4, 0.5) is 4.39 Å². The maximum atomic E-state index is 13.9. The standard InChI is InChI=1S/C48H32FN3/c49-33-19-21-34(22-20-33)51-45-15-7-3-11-39(45)41-29-31(17-27-47(41)51)32-18-28-48-42(30-32)40-12-4-8-16-46(40)52(48)36-25-23-35(24-26-36)50-43-13-5-1-9-37(43)38-10-2-6-14-44(38)50/h1-3,5-11,13-30H,4,12H2. The minimum atomic E-state index is -0.231. The van der Waals surface area contributed by atoms with Gasteiger partial charge in [-0.25, -0.2) is 4.39 Å². The molecule has 0 amide bonds. The molecule has 1 aliphatic carbocycles. The normalized spacial score (nSPS) is 12.9. The Morgan fingerprint density at radius 2 is 0.846 bits per heavy atom. The zero-order valence-electron chi connectivity index (χ0n) is 28.3. The van der Waals surface area contributed by atoms with Crippen molar-refractivity contribution in [3.63, 3.8) is 0 Å². The molecular formula is C48H32FN3. The Bertz CT molecular complexity index is 3010. The third-order valence-corrected chi connectivity index (χ3v) is 11.0. The van der Waals surface area contributed by atoms with Crippen LogP contribution in [0.15, 0.2) is 164 Å². The minimum absolute atomic E-state index is 0.231. The van der Waals surface area contributed by atoms with Crippen molar-refractivity contribution in [1.29, 1.82) is 0 Å². The van der Waals surface area contributed by atoms with Crippen LogP contribution < -0.4 is 0 Å². The molecule has 0 atom stereocenters. The van der Waals surface area contributed by atoms with E-state index in [2.05, 4.69) is 159 Å². The van der Waals surface area contributed by atoms with Crippen molar-refractivity contribution < 1.29 is 4.39 Å². The fraction of sp³-hybridized carbons (Fsp3) is 0.0417. The number of aromatic nitrogens is 3. The summed E-state index contributed by atoms with van der Waals surface area (Å²) in [6.07, 6.45) is 6.66. The molecule has 246 valence electrons. The summed E-state index contributed by atoms with van der Waals surface area (Å²) in [5, 5.41) is 6.21. The summed E-state index contributed by atoms with van der Waals surface area (Å²) >= 11 is 0. The number of rotatable bonds is 4. The highest BCUT2D eigenvalue weighted by Gasteiger charge is 2.20. The Morgan fingerprint density at radius 1 is 0.404 bits per heavy atom. The average Bonchev–Trinajstić information content (AvgIpc) is 3.84. The van der Waals surface area contributed by atoms with Crippen LogP contribution in [0, 0.1) is 5.82 Å². The van der Waals surface area contributed by atoms with Crippen LogP contribution in [0.25, 0.3) is 88.8 Å². The van der Waals surface area contributed by atoms with Crippen LogP contribution >= 0.6 is 0 Å². The van der Waals surface area contributed by atoms with Crippen molar-refractivity contribution in [1.82, 2.24) is 13.7 Å². The van der Waals surface area contributed by atoms with E-state index in [4.69, 9.17) is 0 Å². The van der Waals surface area contributed by atoms with E-state index in [1.807, 2.05) is 12.1 Å². The molecule has 7 aromatic carbocycles. The zero-order chi connectivity index (χ0) is 34.3. The first-order chi connectivity index (χ1) is 25.7. The van der Waals surface area contributed by atoms with Gasteiger partial charge in [0.2, 0.25) is 0 Å². The van der Waals surface area contributed by atoms with Crippen molar-refractivity contribution >= 4 is 60.6 Å². The molecule has 0 unspecified atom stereocenters. The van der Waals surface area contributed by atoms with Crippen LogP contribution in [-0.4, -0.2) is 13.7 Å². The molecule has 52 heavy (non-hydrogen) atoms. The highest BCUT2D eigenvalue weighted by Crippen LogP contribution is 2.39. The molecular weight excluding hydrogens is 638 g/mol. The maximum Gasteiger partial charge on any atom is 0.123 e. The van der Waals surface area contributed by atoms with Gasteiger partial charge in [-0.05, 0) is 127 Å². The van der Waals surface area contributed by atoms with Gasteiger partial charge in [0.1, 0.15) is 5.82 Å². The summed E-state index contributed by atoms with van der Waals surface area (Å²) in [7, 11) is 0. The van der Waals surface area contributed by atoms with Gasteiger partial charge in [-0.1, -0.05) is 72.8 Å². The van der Waals surface area contributed by atoms with Crippen molar-refractivity contribution in [3.8, 4) is 28.2 Å². The fourth-order valence-corrected chi connectivity index (χ4v) is 8.67. The van der Waals surface area contributed by atoms with Gasteiger partial charge >= 0.3 is 0 Å². The molecule has 0 N–H and O–H groups in total. The van der Waals surface area contributed by atoms with E-state index >= 15 is 0 Å². The second kappa shape index (κ2) is 11.2. The van der Waals surface area contributed by atoms with Gasteiger partial charge in [-0.3, -0.25) is 0 Å². The lowest BCUT2D eigenvalue weighted by atomic mass is 9.97. The van der Waals surface area contributed by atoms with Crippen LogP contribution in [0.1, 0.15) is 17.7 Å². The Balaban J connectivity index is 1.04.